The van der Waals surface area contributed by atoms with Crippen molar-refractivity contribution in [2.75, 3.05) is 0 Å². The molecule has 2 aliphatic carbocycles. The van der Waals surface area contributed by atoms with E-state index in [1.165, 1.54) is 30.4 Å². The number of carbonyl (C=O) groups excluding carboxylic acids is 2. The molecule has 0 N–H and O–H groups in total. The van der Waals surface area contributed by atoms with E-state index in [9.17, 15) is 43.2 Å². The van der Waals surface area contributed by atoms with Crippen LogP contribution in [0, 0.1) is 10.4 Å². The number of fused-ring (bicyclic) bond motifs is 3. The summed E-state index contributed by atoms with van der Waals surface area (Å²) in [6.45, 7) is 0. The number of Topliss-reactive ketones (excluding diaryl/α,β-unsaturated/α-hetero) is 1. The molecule has 0 saturated carbocycles. The fourth-order valence-electron chi connectivity index (χ4n) is 5.14. The van der Waals surface area contributed by atoms with Gasteiger partial charge < -0.3 is 30.4 Å². The van der Waals surface area contributed by atoms with Gasteiger partial charge in [-0.3, -0.25) is 9.59 Å². The van der Waals surface area contributed by atoms with Crippen LogP contribution in [0.4, 0.5) is 11.4 Å². The van der Waals surface area contributed by atoms with E-state index in [-0.39, 0.29) is 99.1 Å². The number of benzene rings is 5. The molecule has 0 bridgehead atoms. The summed E-state index contributed by atoms with van der Waals surface area (Å²) < 4.78 is 34.5. The Labute approximate surface area is 335 Å². The SMILES string of the molecule is O=C1C=C(N([O-])[O-])C=CC1=NN=C1C=c2ccccc2=CC1=O.O=S(=O)([O-])c1cc([O-])c(N=Nc2c([O-])ccc3ccccc23)c2ccccc12.[Cr+3].[H+].[Na+]. The van der Waals surface area contributed by atoms with E-state index in [0.29, 0.717) is 5.39 Å². The van der Waals surface area contributed by atoms with Crippen molar-refractivity contribution in [3.63, 3.8) is 0 Å². The molecule has 1 radical (unpaired) electrons. The molecule has 0 atom stereocenters. The standard InChI is InChI=1S/C20H14N2O5S.C16H9N3O4.Cr.Na/c23-16-10-9-12-5-1-2-6-13(12)19(16)21-22-20-15-8-4-3-7-14(15)18(11-17(20)24)28(25,26)27;20-15-8-11-4-2-1-3-10(11)7-14(15)18-17-13-6-5-12(19(22)23)9-16(13)21;;/h1-11,23-24H,(H,25,26,27);1-9H;;/q;-2;+3;+1/p-2. The number of carbonyl (C=O) groups is 2. The molecule has 0 aliphatic heterocycles. The van der Waals surface area contributed by atoms with Crippen molar-refractivity contribution in [2.45, 2.75) is 4.90 Å². The summed E-state index contributed by atoms with van der Waals surface area (Å²) in [5.41, 5.74) is -0.355. The fraction of sp³-hybridized carbons (Fsp3) is 0. The van der Waals surface area contributed by atoms with Crippen LogP contribution in [0.2, 0.25) is 0 Å². The minimum absolute atomic E-state index is 0. The van der Waals surface area contributed by atoms with Gasteiger partial charge in [0.15, 0.2) is 0 Å². The fourth-order valence-corrected chi connectivity index (χ4v) is 5.84. The Morgan fingerprint density at radius 2 is 1.17 bits per heavy atom. The van der Waals surface area contributed by atoms with Crippen LogP contribution in [0.15, 0.2) is 140 Å². The third-order valence-corrected chi connectivity index (χ3v) is 8.45. The topological polar surface area (TPSA) is 236 Å². The van der Waals surface area contributed by atoms with Crippen LogP contribution in [0.5, 0.6) is 11.5 Å². The van der Waals surface area contributed by atoms with Gasteiger partial charge in [-0.2, -0.15) is 10.2 Å². The molecule has 0 heterocycles. The van der Waals surface area contributed by atoms with Gasteiger partial charge in [-0.1, -0.05) is 96.4 Å². The van der Waals surface area contributed by atoms with Crippen molar-refractivity contribution < 1.29 is 81.1 Å². The first-order valence-electron chi connectivity index (χ1n) is 14.8. The van der Waals surface area contributed by atoms with Crippen molar-refractivity contribution in [3.05, 3.63) is 136 Å². The summed E-state index contributed by atoms with van der Waals surface area (Å²) in [6, 6.07) is 24.2. The molecule has 2 aliphatic rings. The van der Waals surface area contributed by atoms with E-state index in [2.05, 4.69) is 20.4 Å². The molecule has 0 saturated heterocycles. The zero-order valence-corrected chi connectivity index (χ0v) is 31.4. The minimum atomic E-state index is -4.84. The monoisotopic (exact) mass is 774 g/mol. The van der Waals surface area contributed by atoms with E-state index in [1.807, 2.05) is 36.4 Å². The van der Waals surface area contributed by atoms with Crippen LogP contribution < -0.4 is 50.2 Å². The largest absolute Gasteiger partial charge is 3.00 e. The molecule has 0 aromatic heterocycles. The zero-order valence-electron chi connectivity index (χ0n) is 28.3. The summed E-state index contributed by atoms with van der Waals surface area (Å²) in [5.74, 6) is -2.08. The first-order chi connectivity index (χ1) is 24.4. The minimum Gasteiger partial charge on any atom is -0.871 e. The predicted octanol–water partition coefficient (Wildman–Crippen LogP) is 0.521. The number of rotatable bonds is 5. The molecule has 257 valence electrons. The van der Waals surface area contributed by atoms with Crippen molar-refractivity contribution in [1.82, 2.24) is 5.23 Å². The van der Waals surface area contributed by atoms with Crippen LogP contribution in [0.3, 0.4) is 0 Å². The molecule has 17 heteroatoms. The zero-order chi connectivity index (χ0) is 36.3. The number of hydroxylamine groups is 2. The Morgan fingerprint density at radius 3 is 1.81 bits per heavy atom. The van der Waals surface area contributed by atoms with Gasteiger partial charge in [0.05, 0.1) is 16.3 Å². The molecule has 7 rings (SSSR count). The Morgan fingerprint density at radius 1 is 0.623 bits per heavy atom. The maximum Gasteiger partial charge on any atom is 3.00 e. The number of ketones is 2. The van der Waals surface area contributed by atoms with Gasteiger partial charge >= 0.3 is 48.3 Å². The Hall–Kier alpha value is -5.12. The normalized spacial score (nSPS) is 15.1. The van der Waals surface area contributed by atoms with Crippen molar-refractivity contribution in [3.8, 4) is 11.5 Å². The van der Waals surface area contributed by atoms with Gasteiger partial charge in [-0.15, -0.1) is 10.2 Å². The summed E-state index contributed by atoms with van der Waals surface area (Å²) in [4.78, 5) is 23.1. The second-order valence-electron chi connectivity index (χ2n) is 10.8. The quantitative estimate of drug-likeness (QED) is 0.0789. The molecular formula is C36H21CrN5NaO9S. The second kappa shape index (κ2) is 17.1. The van der Waals surface area contributed by atoms with Gasteiger partial charge in [0, 0.05) is 27.9 Å². The van der Waals surface area contributed by atoms with Crippen molar-refractivity contribution >= 4 is 78.2 Å². The van der Waals surface area contributed by atoms with E-state index in [0.717, 1.165) is 34.0 Å². The molecule has 5 aromatic carbocycles. The molecule has 5 aromatic rings. The summed E-state index contributed by atoms with van der Waals surface area (Å²) >= 11 is 0. The maximum absolute atomic E-state index is 12.4. The first-order valence-corrected chi connectivity index (χ1v) is 16.2. The number of hydrogen-bond donors (Lipinski definition) is 0. The smallest absolute Gasteiger partial charge is 0.871 e. The van der Waals surface area contributed by atoms with Crippen LogP contribution in [-0.4, -0.2) is 41.2 Å². The third kappa shape index (κ3) is 9.10. The number of hydrogen-bond acceptors (Lipinski definition) is 14. The summed E-state index contributed by atoms with van der Waals surface area (Å²) in [6.07, 6.45) is 6.26. The van der Waals surface area contributed by atoms with Crippen molar-refractivity contribution in [2.24, 2.45) is 20.4 Å². The van der Waals surface area contributed by atoms with E-state index < -0.39 is 31.8 Å². The Kier molecular flexibility index (Phi) is 13.1. The first kappa shape index (κ1) is 40.7. The second-order valence-corrected chi connectivity index (χ2v) is 12.2. The maximum atomic E-state index is 12.4. The van der Waals surface area contributed by atoms with E-state index in [4.69, 9.17) is 0 Å². The predicted molar refractivity (Wildman–Crippen MR) is 185 cm³/mol. The number of azo groups is 1. The van der Waals surface area contributed by atoms with Crippen LogP contribution >= 0.6 is 0 Å². The summed E-state index contributed by atoms with van der Waals surface area (Å²) in [7, 11) is -4.84. The van der Waals surface area contributed by atoms with E-state index in [1.54, 1.807) is 36.4 Å². The van der Waals surface area contributed by atoms with Gasteiger partial charge in [-0.25, -0.2) is 8.42 Å². The van der Waals surface area contributed by atoms with Gasteiger partial charge in [0.25, 0.3) is 0 Å². The molecular weight excluding hydrogens is 753 g/mol. The van der Waals surface area contributed by atoms with Crippen LogP contribution in [0.1, 0.15) is 1.43 Å². The molecule has 0 amide bonds. The summed E-state index contributed by atoms with van der Waals surface area (Å²) in [5, 5.41) is 63.9. The van der Waals surface area contributed by atoms with Gasteiger partial charge in [-0.05, 0) is 46.2 Å². The average Bonchev–Trinajstić information content (AvgIpc) is 3.11. The third-order valence-electron chi connectivity index (χ3n) is 7.57. The van der Waals surface area contributed by atoms with Gasteiger partial charge in [0.1, 0.15) is 21.5 Å². The average molecular weight is 775 g/mol. The Bertz CT molecular complexity index is 2680. The van der Waals surface area contributed by atoms with Crippen LogP contribution in [0.25, 0.3) is 33.7 Å². The molecule has 14 nitrogen and oxygen atoms in total. The number of allylic oxidation sites excluding steroid dienone is 3. The molecule has 0 spiro atoms. The van der Waals surface area contributed by atoms with Gasteiger partial charge in [0.2, 0.25) is 11.6 Å². The van der Waals surface area contributed by atoms with Crippen LogP contribution in [-0.2, 0) is 37.1 Å². The molecule has 0 fully saturated rings. The molecule has 0 unspecified atom stereocenters. The Balaban J connectivity index is 0.000000280. The number of nitrogens with zero attached hydrogens (tertiary/aromatic N) is 5. The molecule has 53 heavy (non-hydrogen) atoms. The van der Waals surface area contributed by atoms with E-state index >= 15 is 0 Å². The van der Waals surface area contributed by atoms with Crippen molar-refractivity contribution in [1.29, 1.82) is 0 Å².